The number of ether oxygens (including phenoxy) is 1. The highest BCUT2D eigenvalue weighted by Crippen LogP contribution is 2.21. The number of hydrogen-bond donors (Lipinski definition) is 1. The summed E-state index contributed by atoms with van der Waals surface area (Å²) in [6.45, 7) is 6.84. The number of carbonyl (C=O) groups is 2. The molecule has 1 aliphatic heterocycles. The first-order valence-corrected chi connectivity index (χ1v) is 9.18. The number of nitrogens with one attached hydrogen (secondary N) is 1. The lowest BCUT2D eigenvalue weighted by atomic mass is 10.0. The Hall–Kier alpha value is -2.51. The summed E-state index contributed by atoms with van der Waals surface area (Å²) < 4.78 is 7.07. The molecule has 1 aromatic carbocycles. The maximum absolute atomic E-state index is 12.6. The lowest BCUT2D eigenvalue weighted by Crippen LogP contribution is -2.45. The number of carbonyl (C=O) groups excluding carboxylic acids is 2. The Bertz CT molecular complexity index is 810. The standard InChI is InChI=1S/C20H26N4O3/c1-14-18(15(2)23(3)22-14)19(25)20(26)21-13-17(16-7-5-4-6-8-16)24-9-11-27-12-10-24/h4-8,17H,9-13H2,1-3H3,(H,21,26). The van der Waals surface area contributed by atoms with E-state index in [4.69, 9.17) is 4.74 Å². The Morgan fingerprint density at radius 3 is 2.44 bits per heavy atom. The highest BCUT2D eigenvalue weighted by molar-refractivity contribution is 6.43. The number of ketones is 1. The zero-order valence-electron chi connectivity index (χ0n) is 16.1. The highest BCUT2D eigenvalue weighted by atomic mass is 16.5. The average Bonchev–Trinajstić information content (AvgIpc) is 2.94. The van der Waals surface area contributed by atoms with Crippen LogP contribution >= 0.6 is 0 Å². The van der Waals surface area contributed by atoms with Gasteiger partial charge in [-0.2, -0.15) is 5.10 Å². The molecule has 1 N–H and O–H groups in total. The molecule has 0 bridgehead atoms. The van der Waals surface area contributed by atoms with Crippen molar-refractivity contribution in [2.24, 2.45) is 7.05 Å². The fourth-order valence-electron chi connectivity index (χ4n) is 3.51. The molecule has 1 saturated heterocycles. The van der Waals surface area contributed by atoms with Gasteiger partial charge in [0.2, 0.25) is 0 Å². The molecule has 0 radical (unpaired) electrons. The van der Waals surface area contributed by atoms with Crippen LogP contribution in [0.15, 0.2) is 30.3 Å². The number of nitrogens with zero attached hydrogens (tertiary/aromatic N) is 3. The van der Waals surface area contributed by atoms with Crippen LogP contribution in [0.2, 0.25) is 0 Å². The van der Waals surface area contributed by atoms with Crippen molar-refractivity contribution in [1.82, 2.24) is 20.0 Å². The van der Waals surface area contributed by atoms with Crippen molar-refractivity contribution in [3.63, 3.8) is 0 Å². The maximum atomic E-state index is 12.6. The molecule has 1 aromatic heterocycles. The SMILES string of the molecule is Cc1nn(C)c(C)c1C(=O)C(=O)NCC(c1ccccc1)N1CCOCC1. The lowest BCUT2D eigenvalue weighted by Gasteiger charge is -2.34. The second-order valence-corrected chi connectivity index (χ2v) is 6.78. The van der Waals surface area contributed by atoms with E-state index in [0.29, 0.717) is 36.7 Å². The molecule has 2 heterocycles. The minimum atomic E-state index is -0.594. The molecule has 0 saturated carbocycles. The van der Waals surface area contributed by atoms with Gasteiger partial charge in [-0.3, -0.25) is 19.2 Å². The van der Waals surface area contributed by atoms with Crippen LogP contribution in [0.4, 0.5) is 0 Å². The summed E-state index contributed by atoms with van der Waals surface area (Å²) in [7, 11) is 1.76. The predicted octanol–water partition coefficient (Wildman–Crippen LogP) is 1.41. The van der Waals surface area contributed by atoms with Crippen LogP contribution in [-0.4, -0.2) is 59.2 Å². The van der Waals surface area contributed by atoms with Gasteiger partial charge in [0.1, 0.15) is 0 Å². The molecule has 2 aromatic rings. The van der Waals surface area contributed by atoms with Gasteiger partial charge in [0.15, 0.2) is 0 Å². The van der Waals surface area contributed by atoms with E-state index in [0.717, 1.165) is 18.7 Å². The third kappa shape index (κ3) is 4.26. The number of morpholine rings is 1. The topological polar surface area (TPSA) is 76.5 Å². The molecule has 1 unspecified atom stereocenters. The summed E-state index contributed by atoms with van der Waals surface area (Å²) in [5.41, 5.74) is 2.77. The zero-order valence-corrected chi connectivity index (χ0v) is 16.1. The molecule has 144 valence electrons. The van der Waals surface area contributed by atoms with Crippen LogP contribution < -0.4 is 5.32 Å². The zero-order chi connectivity index (χ0) is 19.4. The number of aryl methyl sites for hydroxylation is 2. The summed E-state index contributed by atoms with van der Waals surface area (Å²) in [4.78, 5) is 27.4. The number of aromatic nitrogens is 2. The van der Waals surface area contributed by atoms with Crippen molar-refractivity contribution in [3.05, 3.63) is 52.8 Å². The minimum Gasteiger partial charge on any atom is -0.379 e. The predicted molar refractivity (Wildman–Crippen MR) is 102 cm³/mol. The second kappa shape index (κ2) is 8.45. The first-order chi connectivity index (χ1) is 13.0. The van der Waals surface area contributed by atoms with E-state index in [9.17, 15) is 9.59 Å². The van der Waals surface area contributed by atoms with Crippen molar-refractivity contribution in [3.8, 4) is 0 Å². The van der Waals surface area contributed by atoms with Crippen molar-refractivity contribution >= 4 is 11.7 Å². The number of amides is 1. The lowest BCUT2D eigenvalue weighted by molar-refractivity contribution is -0.117. The normalized spacial score (nSPS) is 16.1. The van der Waals surface area contributed by atoms with Crippen molar-refractivity contribution in [2.75, 3.05) is 32.8 Å². The molecule has 7 nitrogen and oxygen atoms in total. The van der Waals surface area contributed by atoms with E-state index >= 15 is 0 Å². The summed E-state index contributed by atoms with van der Waals surface area (Å²) in [5.74, 6) is -1.13. The smallest absolute Gasteiger partial charge is 0.292 e. The van der Waals surface area contributed by atoms with E-state index < -0.39 is 11.7 Å². The molecule has 1 fully saturated rings. The summed E-state index contributed by atoms with van der Waals surface area (Å²) in [5, 5.41) is 7.06. The van der Waals surface area contributed by atoms with Gasteiger partial charge in [0.05, 0.1) is 30.5 Å². The molecule has 0 aliphatic carbocycles. The van der Waals surface area contributed by atoms with Crippen LogP contribution in [0, 0.1) is 13.8 Å². The number of benzene rings is 1. The van der Waals surface area contributed by atoms with E-state index in [1.165, 1.54) is 0 Å². The summed E-state index contributed by atoms with van der Waals surface area (Å²) >= 11 is 0. The minimum absolute atomic E-state index is 0.00272. The van der Waals surface area contributed by atoms with Crippen LogP contribution in [-0.2, 0) is 16.6 Å². The first-order valence-electron chi connectivity index (χ1n) is 9.18. The van der Waals surface area contributed by atoms with Crippen molar-refractivity contribution in [1.29, 1.82) is 0 Å². The first kappa shape index (κ1) is 19.3. The van der Waals surface area contributed by atoms with Gasteiger partial charge in [-0.15, -0.1) is 0 Å². The number of Topliss-reactive ketones (excluding diaryl/α,β-unsaturated/α-hetero) is 1. The van der Waals surface area contributed by atoms with Crippen LogP contribution in [0.3, 0.4) is 0 Å². The van der Waals surface area contributed by atoms with Gasteiger partial charge in [-0.05, 0) is 19.4 Å². The molecule has 0 spiro atoms. The second-order valence-electron chi connectivity index (χ2n) is 6.78. The molecular weight excluding hydrogens is 344 g/mol. The fourth-order valence-corrected chi connectivity index (χ4v) is 3.51. The fraction of sp³-hybridized carbons (Fsp3) is 0.450. The van der Waals surface area contributed by atoms with Crippen LogP contribution in [0.5, 0.6) is 0 Å². The molecular formula is C20H26N4O3. The molecule has 7 heteroatoms. The van der Waals surface area contributed by atoms with Crippen molar-refractivity contribution in [2.45, 2.75) is 19.9 Å². The van der Waals surface area contributed by atoms with E-state index in [1.807, 2.05) is 30.3 Å². The van der Waals surface area contributed by atoms with Gasteiger partial charge in [-0.25, -0.2) is 0 Å². The van der Waals surface area contributed by atoms with E-state index in [-0.39, 0.29) is 6.04 Å². The Kier molecular flexibility index (Phi) is 6.03. The van der Waals surface area contributed by atoms with Crippen LogP contribution in [0.25, 0.3) is 0 Å². The van der Waals surface area contributed by atoms with Crippen molar-refractivity contribution < 1.29 is 14.3 Å². The highest BCUT2D eigenvalue weighted by Gasteiger charge is 2.27. The summed E-state index contributed by atoms with van der Waals surface area (Å²) in [6.07, 6.45) is 0. The van der Waals surface area contributed by atoms with Gasteiger partial charge < -0.3 is 10.1 Å². The molecule has 3 rings (SSSR count). The monoisotopic (exact) mass is 370 g/mol. The number of rotatable bonds is 6. The van der Waals surface area contributed by atoms with Gasteiger partial charge >= 0.3 is 0 Å². The van der Waals surface area contributed by atoms with E-state index in [1.54, 1.807) is 25.6 Å². The van der Waals surface area contributed by atoms with Gasteiger partial charge in [0, 0.05) is 32.4 Å². The Labute approximate surface area is 159 Å². The third-order valence-electron chi connectivity index (χ3n) is 5.07. The Balaban J connectivity index is 1.72. The molecule has 1 amide bonds. The average molecular weight is 370 g/mol. The van der Waals surface area contributed by atoms with Gasteiger partial charge in [-0.1, -0.05) is 30.3 Å². The molecule has 1 atom stereocenters. The summed E-state index contributed by atoms with van der Waals surface area (Å²) in [6, 6.07) is 10.0. The van der Waals surface area contributed by atoms with E-state index in [2.05, 4.69) is 15.3 Å². The molecule has 1 aliphatic rings. The largest absolute Gasteiger partial charge is 0.379 e. The Morgan fingerprint density at radius 1 is 1.19 bits per heavy atom. The third-order valence-corrected chi connectivity index (χ3v) is 5.07. The van der Waals surface area contributed by atoms with Gasteiger partial charge in [0.25, 0.3) is 11.7 Å². The quantitative estimate of drug-likeness (QED) is 0.615. The van der Waals surface area contributed by atoms with Crippen LogP contribution in [0.1, 0.15) is 33.4 Å². The molecule has 27 heavy (non-hydrogen) atoms. The Morgan fingerprint density at radius 2 is 1.85 bits per heavy atom. The number of hydrogen-bond acceptors (Lipinski definition) is 5. The maximum Gasteiger partial charge on any atom is 0.292 e.